The molecular weight excluding hydrogens is 406 g/mol. The van der Waals surface area contributed by atoms with Crippen LogP contribution in [0.3, 0.4) is 0 Å². The molecule has 7 heteroatoms. The maximum absolute atomic E-state index is 13.5. The fraction of sp³-hybridized carbons (Fsp3) is 0.480. The molecule has 168 valence electrons. The van der Waals surface area contributed by atoms with Crippen molar-refractivity contribution in [1.82, 2.24) is 9.88 Å². The highest BCUT2D eigenvalue weighted by Crippen LogP contribution is 2.47. The zero-order valence-corrected chi connectivity index (χ0v) is 18.6. The third-order valence-corrected chi connectivity index (χ3v) is 6.72. The van der Waals surface area contributed by atoms with Gasteiger partial charge in [-0.15, -0.1) is 0 Å². The van der Waals surface area contributed by atoms with Crippen molar-refractivity contribution in [3.05, 3.63) is 59.8 Å². The number of nitrogens with zero attached hydrogens (tertiary/aromatic N) is 3. The molecule has 32 heavy (non-hydrogen) atoms. The molecule has 1 aromatic heterocycles. The molecule has 4 heterocycles. The van der Waals surface area contributed by atoms with Gasteiger partial charge in [-0.05, 0) is 44.4 Å². The quantitative estimate of drug-likeness (QED) is 0.682. The van der Waals surface area contributed by atoms with Crippen molar-refractivity contribution >= 4 is 17.7 Å². The molecule has 7 nitrogen and oxygen atoms in total. The molecule has 0 N–H and O–H groups in total. The minimum Gasteiger partial charge on any atom is -0.459 e. The second-order valence-corrected chi connectivity index (χ2v) is 9.13. The summed E-state index contributed by atoms with van der Waals surface area (Å²) in [7, 11) is 0. The molecule has 1 amide bonds. The number of ether oxygens (including phenoxy) is 2. The van der Waals surface area contributed by atoms with E-state index in [2.05, 4.69) is 22.0 Å². The minimum atomic E-state index is -0.727. The molecule has 1 spiro atoms. The van der Waals surface area contributed by atoms with Crippen LogP contribution in [-0.2, 0) is 14.3 Å². The van der Waals surface area contributed by atoms with Gasteiger partial charge in [0.1, 0.15) is 12.0 Å². The number of carbonyl (C=O) groups excluding carboxylic acids is 2. The van der Waals surface area contributed by atoms with Crippen molar-refractivity contribution in [2.24, 2.45) is 0 Å². The number of piperidine rings is 1. The summed E-state index contributed by atoms with van der Waals surface area (Å²) in [6.07, 6.45) is 4.37. The lowest BCUT2D eigenvalue weighted by Gasteiger charge is -2.38. The summed E-state index contributed by atoms with van der Waals surface area (Å²) in [5.74, 6) is 0.567. The molecular formula is C25H29N3O4. The highest BCUT2D eigenvalue weighted by atomic mass is 16.6. The van der Waals surface area contributed by atoms with E-state index in [4.69, 9.17) is 9.47 Å². The molecule has 1 aromatic carbocycles. The van der Waals surface area contributed by atoms with Gasteiger partial charge in [-0.1, -0.05) is 30.3 Å². The lowest BCUT2D eigenvalue weighted by atomic mass is 9.89. The standard InChI is InChI=1S/C25H29N3O4/c1-17(2)31-23(29)19-8-10-21(26-16-19)27-14-12-25(13-15-27)24(30)28-20(9-11-22(28)32-25)18-6-4-3-5-7-18/h3-8,10,16-17,20,22H,9,11-15H2,1-2H3/t20-,22+/m0/s1. The van der Waals surface area contributed by atoms with Gasteiger partial charge in [0.15, 0.2) is 5.60 Å². The Bertz CT molecular complexity index is 984. The first-order chi connectivity index (χ1) is 15.5. The minimum absolute atomic E-state index is 0.103. The molecule has 0 saturated carbocycles. The van der Waals surface area contributed by atoms with E-state index in [1.54, 1.807) is 12.3 Å². The van der Waals surface area contributed by atoms with Crippen LogP contribution >= 0.6 is 0 Å². The highest BCUT2D eigenvalue weighted by molar-refractivity contribution is 5.89. The SMILES string of the molecule is CC(C)OC(=O)c1ccc(N2CCC3(CC2)O[C@@H]2CC[C@@H](c4ccccc4)N2C3=O)nc1. The molecule has 3 aliphatic heterocycles. The van der Waals surface area contributed by atoms with Gasteiger partial charge in [-0.25, -0.2) is 9.78 Å². The Balaban J connectivity index is 1.25. The van der Waals surface area contributed by atoms with Crippen LogP contribution in [0.1, 0.15) is 61.5 Å². The zero-order valence-electron chi connectivity index (χ0n) is 18.6. The fourth-order valence-corrected chi connectivity index (χ4v) is 5.12. The number of anilines is 1. The highest BCUT2D eigenvalue weighted by Gasteiger charge is 2.57. The second-order valence-electron chi connectivity index (χ2n) is 9.13. The summed E-state index contributed by atoms with van der Waals surface area (Å²) in [4.78, 5) is 34.1. The first-order valence-electron chi connectivity index (χ1n) is 11.4. The van der Waals surface area contributed by atoms with Crippen LogP contribution in [-0.4, -0.2) is 52.8 Å². The van der Waals surface area contributed by atoms with E-state index in [0.717, 1.165) is 18.7 Å². The Hall–Kier alpha value is -2.93. The van der Waals surface area contributed by atoms with E-state index in [9.17, 15) is 9.59 Å². The van der Waals surface area contributed by atoms with Crippen molar-refractivity contribution < 1.29 is 19.1 Å². The van der Waals surface area contributed by atoms with Crippen LogP contribution in [0.15, 0.2) is 48.7 Å². The number of hydrogen-bond acceptors (Lipinski definition) is 6. The number of pyridine rings is 1. The number of esters is 1. The number of aromatic nitrogens is 1. The van der Waals surface area contributed by atoms with E-state index in [1.807, 2.05) is 43.0 Å². The fourth-order valence-electron chi connectivity index (χ4n) is 5.12. The summed E-state index contributed by atoms with van der Waals surface area (Å²) >= 11 is 0. The van der Waals surface area contributed by atoms with Gasteiger partial charge < -0.3 is 19.3 Å². The van der Waals surface area contributed by atoms with E-state index < -0.39 is 5.60 Å². The number of amides is 1. The number of rotatable bonds is 4. The molecule has 3 aliphatic rings. The van der Waals surface area contributed by atoms with Gasteiger partial charge in [0.2, 0.25) is 0 Å². The maximum atomic E-state index is 13.5. The number of carbonyl (C=O) groups is 2. The third kappa shape index (κ3) is 3.64. The van der Waals surface area contributed by atoms with Crippen molar-refractivity contribution in [3.8, 4) is 0 Å². The van der Waals surface area contributed by atoms with Gasteiger partial charge in [0, 0.05) is 32.1 Å². The predicted molar refractivity (Wildman–Crippen MR) is 119 cm³/mol. The number of fused-ring (bicyclic) bond motifs is 1. The zero-order chi connectivity index (χ0) is 22.3. The van der Waals surface area contributed by atoms with Crippen molar-refractivity contribution in [2.75, 3.05) is 18.0 Å². The lowest BCUT2D eigenvalue weighted by molar-refractivity contribution is -0.140. The Morgan fingerprint density at radius 2 is 1.88 bits per heavy atom. The van der Waals surface area contributed by atoms with Crippen LogP contribution in [0.25, 0.3) is 0 Å². The average molecular weight is 436 g/mol. The molecule has 3 fully saturated rings. The summed E-state index contributed by atoms with van der Waals surface area (Å²) in [6, 6.07) is 13.9. The molecule has 0 radical (unpaired) electrons. The monoisotopic (exact) mass is 435 g/mol. The van der Waals surface area contributed by atoms with Crippen LogP contribution < -0.4 is 4.90 Å². The second kappa shape index (κ2) is 8.20. The van der Waals surface area contributed by atoms with E-state index >= 15 is 0 Å². The maximum Gasteiger partial charge on any atom is 0.339 e. The summed E-state index contributed by atoms with van der Waals surface area (Å²) in [6.45, 7) is 5.01. The molecule has 0 aliphatic carbocycles. The van der Waals surface area contributed by atoms with Crippen molar-refractivity contribution in [2.45, 2.75) is 63.5 Å². The summed E-state index contributed by atoms with van der Waals surface area (Å²) in [5.41, 5.74) is 0.898. The van der Waals surface area contributed by atoms with Gasteiger partial charge >= 0.3 is 5.97 Å². The first-order valence-corrected chi connectivity index (χ1v) is 11.4. The van der Waals surface area contributed by atoms with Crippen LogP contribution in [0.4, 0.5) is 5.82 Å². The third-order valence-electron chi connectivity index (χ3n) is 6.72. The van der Waals surface area contributed by atoms with Crippen LogP contribution in [0.5, 0.6) is 0 Å². The largest absolute Gasteiger partial charge is 0.459 e. The normalized spacial score (nSPS) is 24.3. The Kier molecular flexibility index (Phi) is 5.37. The van der Waals surface area contributed by atoms with Crippen molar-refractivity contribution in [3.63, 3.8) is 0 Å². The van der Waals surface area contributed by atoms with Crippen LogP contribution in [0, 0.1) is 0 Å². The van der Waals surface area contributed by atoms with Crippen LogP contribution in [0.2, 0.25) is 0 Å². The van der Waals surface area contributed by atoms with E-state index in [-0.39, 0.29) is 30.3 Å². The Labute approximate surface area is 188 Å². The Morgan fingerprint density at radius 1 is 1.12 bits per heavy atom. The first kappa shape index (κ1) is 20.9. The van der Waals surface area contributed by atoms with Gasteiger partial charge in [-0.3, -0.25) is 4.79 Å². The molecule has 2 atom stereocenters. The average Bonchev–Trinajstić information content (AvgIpc) is 3.33. The molecule has 5 rings (SSSR count). The number of hydrogen-bond donors (Lipinski definition) is 0. The van der Waals surface area contributed by atoms with Crippen molar-refractivity contribution in [1.29, 1.82) is 0 Å². The topological polar surface area (TPSA) is 72.0 Å². The molecule has 0 unspecified atom stereocenters. The smallest absolute Gasteiger partial charge is 0.339 e. The van der Waals surface area contributed by atoms with Gasteiger partial charge in [-0.2, -0.15) is 0 Å². The molecule has 3 saturated heterocycles. The van der Waals surface area contributed by atoms with E-state index in [1.165, 1.54) is 5.56 Å². The van der Waals surface area contributed by atoms with Gasteiger partial charge in [0.05, 0.1) is 17.7 Å². The summed E-state index contributed by atoms with van der Waals surface area (Å²) in [5, 5.41) is 0. The van der Waals surface area contributed by atoms with Gasteiger partial charge in [0.25, 0.3) is 5.91 Å². The summed E-state index contributed by atoms with van der Waals surface area (Å²) < 4.78 is 11.6. The lowest BCUT2D eigenvalue weighted by Crippen LogP contribution is -2.50. The molecule has 2 aromatic rings. The van der Waals surface area contributed by atoms with E-state index in [0.29, 0.717) is 31.5 Å². The number of benzene rings is 1. The predicted octanol–water partition coefficient (Wildman–Crippen LogP) is 3.71. The molecule has 0 bridgehead atoms. The Morgan fingerprint density at radius 3 is 2.53 bits per heavy atom.